The Morgan fingerprint density at radius 2 is 1.73 bits per heavy atom. The van der Waals surface area contributed by atoms with Crippen molar-refractivity contribution in [2.24, 2.45) is 11.3 Å². The third-order valence-electron chi connectivity index (χ3n) is 3.00. The minimum absolute atomic E-state index is 0.105. The summed E-state index contributed by atoms with van der Waals surface area (Å²) < 4.78 is 0. The van der Waals surface area contributed by atoms with Gasteiger partial charge in [-0.05, 0) is 24.2 Å². The van der Waals surface area contributed by atoms with E-state index in [1.165, 1.54) is 25.7 Å². The summed E-state index contributed by atoms with van der Waals surface area (Å²) in [5, 5.41) is 9.99. The summed E-state index contributed by atoms with van der Waals surface area (Å²) in [4.78, 5) is 0. The van der Waals surface area contributed by atoms with E-state index in [1.807, 2.05) is 0 Å². The molecule has 0 bridgehead atoms. The van der Waals surface area contributed by atoms with E-state index in [-0.39, 0.29) is 11.5 Å². The van der Waals surface area contributed by atoms with Crippen LogP contribution >= 0.6 is 0 Å². The van der Waals surface area contributed by atoms with Crippen molar-refractivity contribution in [3.8, 4) is 0 Å². The van der Waals surface area contributed by atoms with Crippen LogP contribution in [0.4, 0.5) is 0 Å². The summed E-state index contributed by atoms with van der Waals surface area (Å²) in [5.41, 5.74) is 0.252. The first-order valence-corrected chi connectivity index (χ1v) is 6.57. The fraction of sp³-hybridized carbons (Fsp3) is 1.00. The van der Waals surface area contributed by atoms with E-state index < -0.39 is 0 Å². The van der Waals surface area contributed by atoms with Crippen molar-refractivity contribution in [3.63, 3.8) is 0 Å². The molecule has 1 N–H and O–H groups in total. The largest absolute Gasteiger partial charge is 0.393 e. The van der Waals surface area contributed by atoms with E-state index in [1.54, 1.807) is 0 Å². The van der Waals surface area contributed by atoms with Gasteiger partial charge in [0.25, 0.3) is 0 Å². The molecule has 0 amide bonds. The van der Waals surface area contributed by atoms with Gasteiger partial charge in [-0.25, -0.2) is 0 Å². The van der Waals surface area contributed by atoms with E-state index in [4.69, 9.17) is 0 Å². The molecule has 2 atom stereocenters. The summed E-state index contributed by atoms with van der Waals surface area (Å²) in [6.07, 6.45) is 6.89. The van der Waals surface area contributed by atoms with Crippen molar-refractivity contribution >= 4 is 0 Å². The second-order valence-corrected chi connectivity index (χ2v) is 6.07. The third-order valence-corrected chi connectivity index (χ3v) is 3.00. The summed E-state index contributed by atoms with van der Waals surface area (Å²) in [6, 6.07) is 0. The first-order chi connectivity index (χ1) is 6.89. The SMILES string of the molecule is CCCCC(CC)CC(O)CC(C)(C)C. The van der Waals surface area contributed by atoms with Crippen LogP contribution in [0.2, 0.25) is 0 Å². The van der Waals surface area contributed by atoms with Crippen LogP contribution in [0.3, 0.4) is 0 Å². The molecular weight excluding hydrogens is 184 g/mol. The normalized spacial score (nSPS) is 16.4. The molecule has 0 heterocycles. The summed E-state index contributed by atoms with van der Waals surface area (Å²) in [6.45, 7) is 11.1. The Kier molecular flexibility index (Phi) is 7.25. The predicted molar refractivity (Wildman–Crippen MR) is 68.0 cm³/mol. The molecule has 1 nitrogen and oxygen atoms in total. The maximum Gasteiger partial charge on any atom is 0.0547 e. The van der Waals surface area contributed by atoms with Crippen LogP contribution in [0.15, 0.2) is 0 Å². The molecule has 15 heavy (non-hydrogen) atoms. The fourth-order valence-electron chi connectivity index (χ4n) is 2.16. The molecule has 0 aromatic carbocycles. The molecule has 0 aliphatic carbocycles. The van der Waals surface area contributed by atoms with Crippen LogP contribution in [0.5, 0.6) is 0 Å². The lowest BCUT2D eigenvalue weighted by molar-refractivity contribution is 0.0930. The highest BCUT2D eigenvalue weighted by Crippen LogP contribution is 2.26. The minimum Gasteiger partial charge on any atom is -0.393 e. The van der Waals surface area contributed by atoms with Gasteiger partial charge >= 0.3 is 0 Å². The van der Waals surface area contributed by atoms with Crippen LogP contribution in [0.1, 0.15) is 73.1 Å². The Balaban J connectivity index is 3.85. The Hall–Kier alpha value is -0.0400. The van der Waals surface area contributed by atoms with Crippen LogP contribution in [-0.4, -0.2) is 11.2 Å². The second-order valence-electron chi connectivity index (χ2n) is 6.07. The lowest BCUT2D eigenvalue weighted by atomic mass is 9.84. The molecule has 0 rings (SSSR count). The molecular formula is C14H30O. The summed E-state index contributed by atoms with van der Waals surface area (Å²) >= 11 is 0. The quantitative estimate of drug-likeness (QED) is 0.666. The Bertz CT molecular complexity index is 146. The van der Waals surface area contributed by atoms with Crippen molar-refractivity contribution in [2.75, 3.05) is 0 Å². The number of rotatable bonds is 7. The van der Waals surface area contributed by atoms with Crippen molar-refractivity contribution in [1.29, 1.82) is 0 Å². The van der Waals surface area contributed by atoms with Gasteiger partial charge in [-0.3, -0.25) is 0 Å². The van der Waals surface area contributed by atoms with Crippen LogP contribution in [-0.2, 0) is 0 Å². The zero-order valence-corrected chi connectivity index (χ0v) is 11.3. The van der Waals surface area contributed by atoms with E-state index >= 15 is 0 Å². The monoisotopic (exact) mass is 214 g/mol. The van der Waals surface area contributed by atoms with Gasteiger partial charge in [0.05, 0.1) is 6.10 Å². The smallest absolute Gasteiger partial charge is 0.0547 e. The average molecular weight is 214 g/mol. The highest BCUT2D eigenvalue weighted by molar-refractivity contribution is 4.71. The molecule has 0 spiro atoms. The van der Waals surface area contributed by atoms with Crippen LogP contribution in [0.25, 0.3) is 0 Å². The number of aliphatic hydroxyl groups is 1. The Labute approximate surface area is 96.3 Å². The molecule has 0 radical (unpaired) electrons. The summed E-state index contributed by atoms with van der Waals surface area (Å²) in [7, 11) is 0. The van der Waals surface area contributed by atoms with Gasteiger partial charge in [0.15, 0.2) is 0 Å². The fourth-order valence-corrected chi connectivity index (χ4v) is 2.16. The van der Waals surface area contributed by atoms with Gasteiger partial charge in [-0.1, -0.05) is 60.3 Å². The zero-order chi connectivity index (χ0) is 11.9. The molecule has 0 fully saturated rings. The van der Waals surface area contributed by atoms with E-state index in [0.717, 1.165) is 18.8 Å². The van der Waals surface area contributed by atoms with E-state index in [9.17, 15) is 5.11 Å². The van der Waals surface area contributed by atoms with Crippen molar-refractivity contribution < 1.29 is 5.11 Å². The molecule has 2 unspecified atom stereocenters. The lowest BCUT2D eigenvalue weighted by Gasteiger charge is -2.25. The lowest BCUT2D eigenvalue weighted by Crippen LogP contribution is -2.20. The van der Waals surface area contributed by atoms with Crippen LogP contribution in [0, 0.1) is 11.3 Å². The van der Waals surface area contributed by atoms with Crippen LogP contribution < -0.4 is 0 Å². The third kappa shape index (κ3) is 8.92. The molecule has 92 valence electrons. The Morgan fingerprint density at radius 3 is 2.13 bits per heavy atom. The summed E-state index contributed by atoms with van der Waals surface area (Å²) in [5.74, 6) is 0.724. The molecule has 1 heteroatoms. The first-order valence-electron chi connectivity index (χ1n) is 6.57. The second kappa shape index (κ2) is 7.27. The molecule has 0 saturated heterocycles. The first kappa shape index (κ1) is 15.0. The molecule has 0 aliphatic rings. The predicted octanol–water partition coefficient (Wildman–Crippen LogP) is 4.39. The minimum atomic E-state index is -0.105. The maximum absolute atomic E-state index is 9.99. The molecule has 0 aromatic heterocycles. The zero-order valence-electron chi connectivity index (χ0n) is 11.3. The van der Waals surface area contributed by atoms with E-state index in [0.29, 0.717) is 0 Å². The molecule has 0 saturated carbocycles. The van der Waals surface area contributed by atoms with Gasteiger partial charge in [-0.2, -0.15) is 0 Å². The van der Waals surface area contributed by atoms with Gasteiger partial charge in [-0.15, -0.1) is 0 Å². The number of hydrogen-bond acceptors (Lipinski definition) is 1. The number of unbranched alkanes of at least 4 members (excludes halogenated alkanes) is 1. The van der Waals surface area contributed by atoms with Crippen molar-refractivity contribution in [2.45, 2.75) is 79.2 Å². The average Bonchev–Trinajstić information content (AvgIpc) is 2.09. The number of aliphatic hydroxyl groups excluding tert-OH is 1. The van der Waals surface area contributed by atoms with Crippen molar-refractivity contribution in [1.82, 2.24) is 0 Å². The van der Waals surface area contributed by atoms with Gasteiger partial charge in [0, 0.05) is 0 Å². The maximum atomic E-state index is 9.99. The van der Waals surface area contributed by atoms with Gasteiger partial charge in [0.2, 0.25) is 0 Å². The standard InChI is InChI=1S/C14H30O/c1-6-8-9-12(7-2)10-13(15)11-14(3,4)5/h12-13,15H,6-11H2,1-5H3. The van der Waals surface area contributed by atoms with E-state index in [2.05, 4.69) is 34.6 Å². The van der Waals surface area contributed by atoms with Gasteiger partial charge in [0.1, 0.15) is 0 Å². The Morgan fingerprint density at radius 1 is 1.13 bits per heavy atom. The van der Waals surface area contributed by atoms with Gasteiger partial charge < -0.3 is 5.11 Å². The number of hydrogen-bond donors (Lipinski definition) is 1. The molecule has 0 aliphatic heterocycles. The topological polar surface area (TPSA) is 20.2 Å². The highest BCUT2D eigenvalue weighted by atomic mass is 16.3. The van der Waals surface area contributed by atoms with Crippen molar-refractivity contribution in [3.05, 3.63) is 0 Å². The molecule has 0 aromatic rings. The highest BCUT2D eigenvalue weighted by Gasteiger charge is 2.19.